The number of hydrogen-bond donors (Lipinski definition) is 2. The van der Waals surface area contributed by atoms with E-state index in [9.17, 15) is 14.9 Å². The SMILES string of the molecule is Nn1c(SCC(=O)Nc2ccc(Cl)c([N+](=O)[O-])c2)nnc1-c1ccc(Cl)cc1. The lowest BCUT2D eigenvalue weighted by atomic mass is 10.2. The van der Waals surface area contributed by atoms with Crippen molar-refractivity contribution < 1.29 is 9.72 Å². The fourth-order valence-electron chi connectivity index (χ4n) is 2.23. The van der Waals surface area contributed by atoms with E-state index in [2.05, 4.69) is 15.5 Å². The topological polar surface area (TPSA) is 129 Å². The van der Waals surface area contributed by atoms with Crippen LogP contribution in [-0.2, 0) is 4.79 Å². The summed E-state index contributed by atoms with van der Waals surface area (Å²) in [5.41, 5.74) is 0.698. The minimum absolute atomic E-state index is 0.0108. The third kappa shape index (κ3) is 4.53. The van der Waals surface area contributed by atoms with Gasteiger partial charge in [0.25, 0.3) is 5.69 Å². The Bertz CT molecular complexity index is 1040. The highest BCUT2D eigenvalue weighted by molar-refractivity contribution is 7.99. The maximum absolute atomic E-state index is 12.1. The number of nitrogens with one attached hydrogen (secondary N) is 1. The zero-order chi connectivity index (χ0) is 20.3. The lowest BCUT2D eigenvalue weighted by Gasteiger charge is -2.06. The number of nitro benzene ring substituents is 1. The number of amides is 1. The van der Waals surface area contributed by atoms with E-state index in [0.29, 0.717) is 16.0 Å². The van der Waals surface area contributed by atoms with E-state index in [-0.39, 0.29) is 22.2 Å². The predicted octanol–water partition coefficient (Wildman–Crippen LogP) is 3.60. The summed E-state index contributed by atoms with van der Waals surface area (Å²) in [6, 6.07) is 10.9. The molecule has 0 aliphatic heterocycles. The van der Waals surface area contributed by atoms with Crippen LogP contribution in [0.25, 0.3) is 11.4 Å². The second-order valence-electron chi connectivity index (χ2n) is 5.44. The van der Waals surface area contributed by atoms with Crippen LogP contribution in [0.3, 0.4) is 0 Å². The minimum atomic E-state index is -0.623. The number of carbonyl (C=O) groups excluding carboxylic acids is 1. The molecule has 0 radical (unpaired) electrons. The molecule has 144 valence electrons. The van der Waals surface area contributed by atoms with Crippen LogP contribution in [0, 0.1) is 10.1 Å². The Morgan fingerprint density at radius 1 is 1.21 bits per heavy atom. The van der Waals surface area contributed by atoms with Gasteiger partial charge in [-0.15, -0.1) is 10.2 Å². The second kappa shape index (κ2) is 8.46. The molecule has 1 amide bonds. The molecule has 0 aliphatic carbocycles. The molecule has 3 N–H and O–H groups in total. The molecule has 0 bridgehead atoms. The highest BCUT2D eigenvalue weighted by atomic mass is 35.5. The van der Waals surface area contributed by atoms with Crippen LogP contribution in [0.2, 0.25) is 10.0 Å². The van der Waals surface area contributed by atoms with Gasteiger partial charge in [0.2, 0.25) is 11.1 Å². The first-order valence-electron chi connectivity index (χ1n) is 7.68. The van der Waals surface area contributed by atoms with E-state index in [1.54, 1.807) is 24.3 Å². The van der Waals surface area contributed by atoms with Crippen molar-refractivity contribution in [1.82, 2.24) is 14.9 Å². The summed E-state index contributed by atoms with van der Waals surface area (Å²) in [4.78, 5) is 22.4. The summed E-state index contributed by atoms with van der Waals surface area (Å²) in [6.07, 6.45) is 0. The average molecular weight is 439 g/mol. The van der Waals surface area contributed by atoms with Crippen molar-refractivity contribution in [1.29, 1.82) is 0 Å². The van der Waals surface area contributed by atoms with Crippen molar-refractivity contribution in [2.45, 2.75) is 5.16 Å². The molecule has 0 aliphatic rings. The summed E-state index contributed by atoms with van der Waals surface area (Å²) in [7, 11) is 0. The zero-order valence-corrected chi connectivity index (χ0v) is 16.3. The van der Waals surface area contributed by atoms with E-state index in [1.807, 2.05) is 0 Å². The first kappa shape index (κ1) is 19.9. The van der Waals surface area contributed by atoms with Crippen LogP contribution in [0.4, 0.5) is 11.4 Å². The molecule has 3 aromatic rings. The molecule has 0 fully saturated rings. The summed E-state index contributed by atoms with van der Waals surface area (Å²) in [5, 5.41) is 22.4. The summed E-state index contributed by atoms with van der Waals surface area (Å²) >= 11 is 12.7. The molecule has 0 unspecified atom stereocenters. The Morgan fingerprint density at radius 3 is 2.61 bits per heavy atom. The van der Waals surface area contributed by atoms with Crippen LogP contribution >= 0.6 is 35.0 Å². The van der Waals surface area contributed by atoms with Crippen LogP contribution in [0.1, 0.15) is 0 Å². The largest absolute Gasteiger partial charge is 0.335 e. The highest BCUT2D eigenvalue weighted by Crippen LogP contribution is 2.28. The second-order valence-corrected chi connectivity index (χ2v) is 7.23. The molecule has 12 heteroatoms. The van der Waals surface area contributed by atoms with Crippen LogP contribution in [0.5, 0.6) is 0 Å². The van der Waals surface area contributed by atoms with Gasteiger partial charge in [-0.25, -0.2) is 4.68 Å². The molecule has 9 nitrogen and oxygen atoms in total. The zero-order valence-electron chi connectivity index (χ0n) is 14.0. The third-order valence-corrected chi connectivity index (χ3v) is 5.04. The van der Waals surface area contributed by atoms with Gasteiger partial charge in [-0.1, -0.05) is 35.0 Å². The van der Waals surface area contributed by atoms with Crippen LogP contribution < -0.4 is 11.2 Å². The van der Waals surface area contributed by atoms with E-state index >= 15 is 0 Å². The number of nitrogen functional groups attached to an aromatic ring is 1. The smallest absolute Gasteiger partial charge is 0.289 e. The number of nitrogens with two attached hydrogens (primary N) is 1. The number of benzene rings is 2. The number of carbonyl (C=O) groups is 1. The monoisotopic (exact) mass is 438 g/mol. The van der Waals surface area contributed by atoms with Gasteiger partial charge in [0.1, 0.15) is 5.02 Å². The van der Waals surface area contributed by atoms with Crippen molar-refractivity contribution in [2.24, 2.45) is 0 Å². The summed E-state index contributed by atoms with van der Waals surface area (Å²) in [6.45, 7) is 0. The van der Waals surface area contributed by atoms with Gasteiger partial charge in [0.15, 0.2) is 5.82 Å². The molecule has 0 atom stereocenters. The number of halogens is 2. The van der Waals surface area contributed by atoms with Crippen molar-refractivity contribution >= 4 is 52.2 Å². The molecule has 1 aromatic heterocycles. The first-order chi connectivity index (χ1) is 13.3. The van der Waals surface area contributed by atoms with Crippen molar-refractivity contribution in [2.75, 3.05) is 16.9 Å². The molecule has 2 aromatic carbocycles. The molecule has 0 spiro atoms. The Hall–Kier alpha value is -2.82. The number of rotatable bonds is 6. The van der Waals surface area contributed by atoms with E-state index in [0.717, 1.165) is 17.3 Å². The standard InChI is InChI=1S/C16H12Cl2N6O3S/c17-10-3-1-9(2-4-10)15-21-22-16(23(15)19)28-8-14(25)20-11-5-6-12(18)13(7-11)24(26)27/h1-7H,8,19H2,(H,20,25). The predicted molar refractivity (Wildman–Crippen MR) is 108 cm³/mol. The van der Waals surface area contributed by atoms with Gasteiger partial charge in [-0.2, -0.15) is 0 Å². The molecular weight excluding hydrogens is 427 g/mol. The Labute approximate surface area is 173 Å². The lowest BCUT2D eigenvalue weighted by Crippen LogP contribution is -2.16. The first-order valence-corrected chi connectivity index (χ1v) is 9.42. The van der Waals surface area contributed by atoms with E-state index < -0.39 is 10.8 Å². The minimum Gasteiger partial charge on any atom is -0.335 e. The number of nitro groups is 1. The van der Waals surface area contributed by atoms with Gasteiger partial charge in [0, 0.05) is 22.3 Å². The average Bonchev–Trinajstić information content (AvgIpc) is 3.02. The highest BCUT2D eigenvalue weighted by Gasteiger charge is 2.16. The Morgan fingerprint density at radius 2 is 1.93 bits per heavy atom. The van der Waals surface area contributed by atoms with Gasteiger partial charge in [0.05, 0.1) is 10.7 Å². The lowest BCUT2D eigenvalue weighted by molar-refractivity contribution is -0.384. The van der Waals surface area contributed by atoms with Gasteiger partial charge >= 0.3 is 0 Å². The molecule has 1 heterocycles. The Balaban J connectivity index is 1.65. The van der Waals surface area contributed by atoms with E-state index in [1.165, 1.54) is 22.9 Å². The maximum Gasteiger partial charge on any atom is 0.289 e. The van der Waals surface area contributed by atoms with Crippen LogP contribution in [0.15, 0.2) is 47.6 Å². The number of nitrogens with zero attached hydrogens (tertiary/aromatic N) is 4. The van der Waals surface area contributed by atoms with Crippen molar-refractivity contribution in [3.8, 4) is 11.4 Å². The van der Waals surface area contributed by atoms with Crippen molar-refractivity contribution in [3.63, 3.8) is 0 Å². The van der Waals surface area contributed by atoms with Gasteiger partial charge in [-0.3, -0.25) is 14.9 Å². The molecule has 0 saturated carbocycles. The molecule has 28 heavy (non-hydrogen) atoms. The molecule has 3 rings (SSSR count). The number of thioether (sulfide) groups is 1. The normalized spacial score (nSPS) is 10.6. The van der Waals surface area contributed by atoms with Crippen LogP contribution in [-0.4, -0.2) is 31.5 Å². The quantitative estimate of drug-likeness (QED) is 0.260. The van der Waals surface area contributed by atoms with Gasteiger partial charge in [-0.05, 0) is 36.4 Å². The summed E-state index contributed by atoms with van der Waals surface area (Å²) in [5.74, 6) is 6.01. The van der Waals surface area contributed by atoms with Crippen molar-refractivity contribution in [3.05, 3.63) is 62.6 Å². The fraction of sp³-hybridized carbons (Fsp3) is 0.0625. The molecule has 0 saturated heterocycles. The Kier molecular flexibility index (Phi) is 6.02. The molecular formula is C16H12Cl2N6O3S. The number of anilines is 1. The maximum atomic E-state index is 12.1. The van der Waals surface area contributed by atoms with Gasteiger partial charge < -0.3 is 11.2 Å². The third-order valence-electron chi connectivity index (χ3n) is 3.53. The number of aromatic nitrogens is 3. The number of hydrogen-bond acceptors (Lipinski definition) is 7. The fourth-order valence-corrected chi connectivity index (χ4v) is 3.20. The van der Waals surface area contributed by atoms with E-state index in [4.69, 9.17) is 29.0 Å². The summed E-state index contributed by atoms with van der Waals surface area (Å²) < 4.78 is 1.27.